The van der Waals surface area contributed by atoms with E-state index < -0.39 is 5.97 Å². The van der Waals surface area contributed by atoms with Gasteiger partial charge in [-0.3, -0.25) is 0 Å². The van der Waals surface area contributed by atoms with Crippen LogP contribution in [0.1, 0.15) is 10.4 Å². The Balaban J connectivity index is 2.83. The summed E-state index contributed by atoms with van der Waals surface area (Å²) >= 11 is 6.07. The van der Waals surface area contributed by atoms with E-state index in [1.807, 2.05) is 31.3 Å². The highest BCUT2D eigenvalue weighted by atomic mass is 35.5. The van der Waals surface area contributed by atoms with Crippen LogP contribution < -0.4 is 0 Å². The van der Waals surface area contributed by atoms with Crippen molar-refractivity contribution in [2.75, 3.05) is 7.11 Å². The minimum absolute atomic E-state index is 0.406. The molecule has 0 aliphatic heterocycles. The molecule has 1 aromatic carbocycles. The highest BCUT2D eigenvalue weighted by Crippen LogP contribution is 2.29. The van der Waals surface area contributed by atoms with Crippen molar-refractivity contribution in [1.29, 1.82) is 0 Å². The van der Waals surface area contributed by atoms with Crippen LogP contribution in [0.4, 0.5) is 0 Å². The lowest BCUT2D eigenvalue weighted by molar-refractivity contribution is 0.0603. The van der Waals surface area contributed by atoms with Crippen molar-refractivity contribution in [2.24, 2.45) is 7.05 Å². The molecule has 0 bridgehead atoms. The zero-order valence-electron chi connectivity index (χ0n) is 8.45. The molecule has 4 heteroatoms. The fourth-order valence-corrected chi connectivity index (χ4v) is 1.93. The monoisotopic (exact) mass is 223 g/mol. The van der Waals surface area contributed by atoms with E-state index in [0.29, 0.717) is 10.7 Å². The molecule has 2 rings (SSSR count). The fraction of sp³-hybridized carbons (Fsp3) is 0.182. The summed E-state index contributed by atoms with van der Waals surface area (Å²) in [6.45, 7) is 0. The van der Waals surface area contributed by atoms with Crippen molar-refractivity contribution >= 4 is 28.5 Å². The van der Waals surface area contributed by atoms with Crippen molar-refractivity contribution in [3.05, 3.63) is 35.0 Å². The lowest BCUT2D eigenvalue weighted by Crippen LogP contribution is -2.01. The lowest BCUT2D eigenvalue weighted by Gasteiger charge is -1.97. The molecule has 0 unspecified atom stereocenters. The number of ether oxygens (including phenoxy) is 1. The van der Waals surface area contributed by atoms with Crippen molar-refractivity contribution in [3.8, 4) is 0 Å². The molecular weight excluding hydrogens is 214 g/mol. The summed E-state index contributed by atoms with van der Waals surface area (Å²) in [5.74, 6) is -0.406. The van der Waals surface area contributed by atoms with Gasteiger partial charge in [0.25, 0.3) is 0 Å². The third-order valence-corrected chi connectivity index (χ3v) is 2.87. The van der Waals surface area contributed by atoms with E-state index in [2.05, 4.69) is 0 Å². The molecule has 0 atom stereocenters. The number of carbonyl (C=O) groups excluding carboxylic acids is 1. The second-order valence-corrected chi connectivity index (χ2v) is 3.59. The van der Waals surface area contributed by atoms with Gasteiger partial charge in [0, 0.05) is 18.0 Å². The van der Waals surface area contributed by atoms with Gasteiger partial charge in [-0.25, -0.2) is 4.79 Å². The number of esters is 1. The Labute approximate surface area is 92.2 Å². The largest absolute Gasteiger partial charge is 0.465 e. The summed E-state index contributed by atoms with van der Waals surface area (Å²) in [5, 5.41) is 1.22. The van der Waals surface area contributed by atoms with Crippen LogP contribution >= 0.6 is 11.6 Å². The number of hydrogen-bond acceptors (Lipinski definition) is 2. The summed E-state index contributed by atoms with van der Waals surface area (Å²) in [7, 11) is 3.16. The molecule has 15 heavy (non-hydrogen) atoms. The van der Waals surface area contributed by atoms with Gasteiger partial charge in [-0.05, 0) is 6.07 Å². The Morgan fingerprint density at radius 2 is 2.07 bits per heavy atom. The first kappa shape index (κ1) is 10.1. The number of halogens is 1. The van der Waals surface area contributed by atoms with Crippen molar-refractivity contribution in [2.45, 2.75) is 0 Å². The molecule has 0 radical (unpaired) electrons. The van der Waals surface area contributed by atoms with Crippen LogP contribution in [0.5, 0.6) is 0 Å². The maximum absolute atomic E-state index is 11.5. The van der Waals surface area contributed by atoms with E-state index in [-0.39, 0.29) is 0 Å². The summed E-state index contributed by atoms with van der Waals surface area (Å²) < 4.78 is 6.47. The smallest absolute Gasteiger partial charge is 0.341 e. The molecule has 78 valence electrons. The number of nitrogens with zero attached hydrogens (tertiary/aromatic N) is 1. The molecule has 2 aromatic rings. The fourth-order valence-electron chi connectivity index (χ4n) is 1.66. The number of benzene rings is 1. The Bertz CT molecular complexity index is 531. The predicted octanol–water partition coefficient (Wildman–Crippen LogP) is 2.62. The van der Waals surface area contributed by atoms with Crippen LogP contribution in [-0.4, -0.2) is 17.6 Å². The number of methoxy groups -OCH3 is 1. The van der Waals surface area contributed by atoms with Crippen molar-refractivity contribution in [1.82, 2.24) is 4.57 Å². The Morgan fingerprint density at radius 3 is 2.73 bits per heavy atom. The standard InChI is InChI=1S/C11H10ClNO2/c1-13-8-6-4-3-5-7(8)9(10(13)12)11(14)15-2/h3-6H,1-2H3. The second-order valence-electron chi connectivity index (χ2n) is 3.23. The third kappa shape index (κ3) is 1.39. The van der Waals surface area contributed by atoms with Crippen LogP contribution in [-0.2, 0) is 11.8 Å². The Morgan fingerprint density at radius 1 is 1.40 bits per heavy atom. The minimum Gasteiger partial charge on any atom is -0.465 e. The Kier molecular flexibility index (Phi) is 2.40. The summed E-state index contributed by atoms with van der Waals surface area (Å²) in [6, 6.07) is 7.53. The number of para-hydroxylation sites is 1. The van der Waals surface area contributed by atoms with E-state index in [0.717, 1.165) is 10.9 Å². The molecule has 0 spiro atoms. The number of aryl methyl sites for hydroxylation is 1. The first-order valence-electron chi connectivity index (χ1n) is 4.48. The summed E-state index contributed by atoms with van der Waals surface area (Å²) in [5.41, 5.74) is 1.35. The van der Waals surface area contributed by atoms with Gasteiger partial charge in [0.2, 0.25) is 0 Å². The maximum atomic E-state index is 11.5. The number of carbonyl (C=O) groups is 1. The molecule has 0 N–H and O–H groups in total. The van der Waals surface area contributed by atoms with Gasteiger partial charge in [-0.2, -0.15) is 0 Å². The van der Waals surface area contributed by atoms with Crippen LogP contribution in [0.3, 0.4) is 0 Å². The second kappa shape index (κ2) is 3.59. The summed E-state index contributed by atoms with van der Waals surface area (Å²) in [4.78, 5) is 11.5. The predicted molar refractivity (Wildman–Crippen MR) is 59.3 cm³/mol. The quantitative estimate of drug-likeness (QED) is 0.696. The van der Waals surface area contributed by atoms with Gasteiger partial charge in [-0.15, -0.1) is 0 Å². The van der Waals surface area contributed by atoms with Crippen LogP contribution in [0.2, 0.25) is 5.15 Å². The summed E-state index contributed by atoms with van der Waals surface area (Å²) in [6.07, 6.45) is 0. The van der Waals surface area contributed by atoms with Crippen molar-refractivity contribution in [3.63, 3.8) is 0 Å². The molecule has 1 aromatic heterocycles. The SMILES string of the molecule is COC(=O)c1c(Cl)n(C)c2ccccc12. The normalized spacial score (nSPS) is 10.6. The van der Waals surface area contributed by atoms with E-state index in [1.165, 1.54) is 7.11 Å². The number of hydrogen-bond donors (Lipinski definition) is 0. The molecule has 0 saturated carbocycles. The number of rotatable bonds is 1. The van der Waals surface area contributed by atoms with Gasteiger partial charge in [0.1, 0.15) is 10.7 Å². The van der Waals surface area contributed by atoms with E-state index in [4.69, 9.17) is 16.3 Å². The minimum atomic E-state index is -0.406. The van der Waals surface area contributed by atoms with E-state index in [1.54, 1.807) is 4.57 Å². The topological polar surface area (TPSA) is 31.2 Å². The van der Waals surface area contributed by atoms with Crippen LogP contribution in [0.25, 0.3) is 10.9 Å². The van der Waals surface area contributed by atoms with Crippen molar-refractivity contribution < 1.29 is 9.53 Å². The average molecular weight is 224 g/mol. The average Bonchev–Trinajstić information content (AvgIpc) is 2.52. The van der Waals surface area contributed by atoms with E-state index in [9.17, 15) is 4.79 Å². The van der Waals surface area contributed by atoms with Crippen LogP contribution in [0.15, 0.2) is 24.3 Å². The molecular formula is C11H10ClNO2. The molecule has 3 nitrogen and oxygen atoms in total. The number of fused-ring (bicyclic) bond motifs is 1. The molecule has 0 fully saturated rings. The van der Waals surface area contributed by atoms with Gasteiger partial charge in [-0.1, -0.05) is 29.8 Å². The Hall–Kier alpha value is -1.48. The lowest BCUT2D eigenvalue weighted by atomic mass is 10.2. The zero-order chi connectivity index (χ0) is 11.0. The molecule has 0 aliphatic carbocycles. The zero-order valence-corrected chi connectivity index (χ0v) is 9.21. The van der Waals surface area contributed by atoms with Gasteiger partial charge in [0.15, 0.2) is 0 Å². The highest BCUT2D eigenvalue weighted by Gasteiger charge is 2.19. The molecule has 0 aliphatic rings. The first-order valence-corrected chi connectivity index (χ1v) is 4.86. The molecule has 0 amide bonds. The molecule has 0 saturated heterocycles. The first-order chi connectivity index (χ1) is 7.16. The maximum Gasteiger partial charge on any atom is 0.341 e. The third-order valence-electron chi connectivity index (χ3n) is 2.43. The van der Waals surface area contributed by atoms with Gasteiger partial charge in [0.05, 0.1) is 7.11 Å². The van der Waals surface area contributed by atoms with Gasteiger partial charge >= 0.3 is 5.97 Å². The van der Waals surface area contributed by atoms with E-state index >= 15 is 0 Å². The number of aromatic nitrogens is 1. The highest BCUT2D eigenvalue weighted by molar-refractivity contribution is 6.35. The van der Waals surface area contributed by atoms with Crippen LogP contribution in [0, 0.1) is 0 Å². The van der Waals surface area contributed by atoms with Gasteiger partial charge < -0.3 is 9.30 Å². The molecule has 1 heterocycles.